The Morgan fingerprint density at radius 3 is 2.65 bits per heavy atom. The predicted molar refractivity (Wildman–Crippen MR) is 90.6 cm³/mol. The number of aromatic nitrogens is 1. The standard InChI is InChI=1S/C17H20N2O3S/c1-12-15(11-19-7-9-23-10-8-19)18-16(22-12)13-3-5-14(6-4-13)17(20)21-2/h3-6H,7-11H2,1-2H3. The Hall–Kier alpha value is -1.79. The van der Waals surface area contributed by atoms with E-state index in [0.29, 0.717) is 11.5 Å². The number of hydrogen-bond donors (Lipinski definition) is 0. The van der Waals surface area contributed by atoms with E-state index in [2.05, 4.69) is 9.88 Å². The van der Waals surface area contributed by atoms with Gasteiger partial charge in [-0.15, -0.1) is 0 Å². The molecule has 122 valence electrons. The molecule has 1 fully saturated rings. The number of ether oxygens (including phenoxy) is 1. The summed E-state index contributed by atoms with van der Waals surface area (Å²) in [5.74, 6) is 3.47. The lowest BCUT2D eigenvalue weighted by atomic mass is 10.1. The van der Waals surface area contributed by atoms with E-state index in [0.717, 1.165) is 36.7 Å². The maximum absolute atomic E-state index is 11.5. The normalized spacial score (nSPS) is 15.6. The second kappa shape index (κ2) is 7.19. The molecule has 0 spiro atoms. The number of oxazole rings is 1. The third-order valence-corrected chi connectivity index (χ3v) is 4.87. The van der Waals surface area contributed by atoms with Crippen molar-refractivity contribution in [2.45, 2.75) is 13.5 Å². The summed E-state index contributed by atoms with van der Waals surface area (Å²) in [6.45, 7) is 4.98. The van der Waals surface area contributed by atoms with Crippen LogP contribution in [0.4, 0.5) is 0 Å². The molecule has 23 heavy (non-hydrogen) atoms. The third-order valence-electron chi connectivity index (χ3n) is 3.92. The largest absolute Gasteiger partial charge is 0.465 e. The number of methoxy groups -OCH3 is 1. The molecule has 1 saturated heterocycles. The van der Waals surface area contributed by atoms with Gasteiger partial charge in [0.05, 0.1) is 18.4 Å². The van der Waals surface area contributed by atoms with E-state index in [4.69, 9.17) is 9.15 Å². The van der Waals surface area contributed by atoms with Crippen molar-refractivity contribution in [2.24, 2.45) is 0 Å². The summed E-state index contributed by atoms with van der Waals surface area (Å²) in [4.78, 5) is 18.5. The highest BCUT2D eigenvalue weighted by molar-refractivity contribution is 7.99. The van der Waals surface area contributed by atoms with Crippen molar-refractivity contribution in [2.75, 3.05) is 31.7 Å². The number of benzene rings is 1. The smallest absolute Gasteiger partial charge is 0.337 e. The van der Waals surface area contributed by atoms with Crippen molar-refractivity contribution in [1.29, 1.82) is 0 Å². The minimum Gasteiger partial charge on any atom is -0.465 e. The van der Waals surface area contributed by atoms with Crippen LogP contribution in [0.5, 0.6) is 0 Å². The van der Waals surface area contributed by atoms with E-state index in [1.54, 1.807) is 12.1 Å². The Morgan fingerprint density at radius 2 is 2.00 bits per heavy atom. The first-order chi connectivity index (χ1) is 11.2. The second-order valence-electron chi connectivity index (χ2n) is 5.48. The molecule has 0 atom stereocenters. The minimum absolute atomic E-state index is 0.344. The fraction of sp³-hybridized carbons (Fsp3) is 0.412. The fourth-order valence-electron chi connectivity index (χ4n) is 2.54. The van der Waals surface area contributed by atoms with Crippen molar-refractivity contribution in [3.8, 4) is 11.5 Å². The number of aryl methyl sites for hydroxylation is 1. The second-order valence-corrected chi connectivity index (χ2v) is 6.70. The highest BCUT2D eigenvalue weighted by Crippen LogP contribution is 2.24. The zero-order valence-corrected chi connectivity index (χ0v) is 14.2. The molecule has 6 heteroatoms. The van der Waals surface area contributed by atoms with Gasteiger partial charge in [-0.25, -0.2) is 9.78 Å². The average molecular weight is 332 g/mol. The lowest BCUT2D eigenvalue weighted by Crippen LogP contribution is -2.32. The molecule has 1 aromatic carbocycles. The molecule has 0 bridgehead atoms. The third kappa shape index (κ3) is 3.76. The SMILES string of the molecule is COC(=O)c1ccc(-c2nc(CN3CCSCC3)c(C)o2)cc1. The molecule has 0 amide bonds. The Morgan fingerprint density at radius 1 is 1.30 bits per heavy atom. The van der Waals surface area contributed by atoms with Gasteiger partial charge < -0.3 is 9.15 Å². The highest BCUT2D eigenvalue weighted by atomic mass is 32.2. The Labute approximate surface area is 140 Å². The molecule has 2 aromatic rings. The molecule has 5 nitrogen and oxygen atoms in total. The summed E-state index contributed by atoms with van der Waals surface area (Å²) in [5, 5.41) is 0. The van der Waals surface area contributed by atoms with Crippen molar-refractivity contribution in [3.63, 3.8) is 0 Å². The summed E-state index contributed by atoms with van der Waals surface area (Å²) in [5.41, 5.74) is 2.37. The highest BCUT2D eigenvalue weighted by Gasteiger charge is 2.17. The molecule has 0 unspecified atom stereocenters. The van der Waals surface area contributed by atoms with Crippen molar-refractivity contribution in [3.05, 3.63) is 41.3 Å². The zero-order valence-electron chi connectivity index (χ0n) is 13.4. The van der Waals surface area contributed by atoms with Gasteiger partial charge in [0.15, 0.2) is 0 Å². The first kappa shape index (κ1) is 16.1. The summed E-state index contributed by atoms with van der Waals surface area (Å²) in [7, 11) is 1.37. The van der Waals surface area contributed by atoms with Crippen molar-refractivity contribution >= 4 is 17.7 Å². The summed E-state index contributed by atoms with van der Waals surface area (Å²) < 4.78 is 10.5. The van der Waals surface area contributed by atoms with Gasteiger partial charge in [-0.2, -0.15) is 11.8 Å². The molecular formula is C17H20N2O3S. The van der Waals surface area contributed by atoms with Gasteiger partial charge in [0.25, 0.3) is 0 Å². The Balaban J connectivity index is 1.75. The quantitative estimate of drug-likeness (QED) is 0.802. The first-order valence-electron chi connectivity index (χ1n) is 7.62. The van der Waals surface area contributed by atoms with E-state index in [1.807, 2.05) is 30.8 Å². The lowest BCUT2D eigenvalue weighted by Gasteiger charge is -2.25. The van der Waals surface area contributed by atoms with Crippen LogP contribution in [0.15, 0.2) is 28.7 Å². The number of nitrogens with zero attached hydrogens (tertiary/aromatic N) is 2. The fourth-order valence-corrected chi connectivity index (χ4v) is 3.51. The number of carbonyl (C=O) groups is 1. The monoisotopic (exact) mass is 332 g/mol. The van der Waals surface area contributed by atoms with Crippen LogP contribution in [0, 0.1) is 6.92 Å². The van der Waals surface area contributed by atoms with Crippen LogP contribution in [-0.2, 0) is 11.3 Å². The van der Waals surface area contributed by atoms with Gasteiger partial charge in [-0.3, -0.25) is 4.90 Å². The molecule has 2 heterocycles. The molecule has 1 aromatic heterocycles. The van der Waals surface area contributed by atoms with Crippen LogP contribution in [0.25, 0.3) is 11.5 Å². The van der Waals surface area contributed by atoms with Crippen molar-refractivity contribution in [1.82, 2.24) is 9.88 Å². The summed E-state index contributed by atoms with van der Waals surface area (Å²) >= 11 is 2.00. The van der Waals surface area contributed by atoms with Crippen LogP contribution in [0.1, 0.15) is 21.8 Å². The van der Waals surface area contributed by atoms with E-state index in [9.17, 15) is 4.79 Å². The number of rotatable bonds is 4. The van der Waals surface area contributed by atoms with Crippen LogP contribution in [0.3, 0.4) is 0 Å². The Bertz CT molecular complexity index is 676. The molecule has 0 N–H and O–H groups in total. The minimum atomic E-state index is -0.344. The zero-order chi connectivity index (χ0) is 16.2. The summed E-state index contributed by atoms with van der Waals surface area (Å²) in [6.07, 6.45) is 0. The maximum atomic E-state index is 11.5. The van der Waals surface area contributed by atoms with Gasteiger partial charge >= 0.3 is 5.97 Å². The van der Waals surface area contributed by atoms with Gasteiger partial charge in [0.1, 0.15) is 5.76 Å². The average Bonchev–Trinajstić information content (AvgIpc) is 2.96. The number of hydrogen-bond acceptors (Lipinski definition) is 6. The number of thioether (sulfide) groups is 1. The lowest BCUT2D eigenvalue weighted by molar-refractivity contribution is 0.0600. The van der Waals surface area contributed by atoms with Crippen LogP contribution in [0.2, 0.25) is 0 Å². The predicted octanol–water partition coefficient (Wildman–Crippen LogP) is 2.99. The van der Waals surface area contributed by atoms with Crippen LogP contribution >= 0.6 is 11.8 Å². The first-order valence-corrected chi connectivity index (χ1v) is 8.78. The molecule has 1 aliphatic heterocycles. The summed E-state index contributed by atoms with van der Waals surface area (Å²) in [6, 6.07) is 7.11. The molecule has 0 radical (unpaired) electrons. The van der Waals surface area contributed by atoms with Crippen molar-refractivity contribution < 1.29 is 13.9 Å². The van der Waals surface area contributed by atoms with Gasteiger partial charge in [0, 0.05) is 36.7 Å². The molecular weight excluding hydrogens is 312 g/mol. The maximum Gasteiger partial charge on any atom is 0.337 e. The van der Waals surface area contributed by atoms with E-state index < -0.39 is 0 Å². The van der Waals surface area contributed by atoms with Crippen LogP contribution in [-0.4, -0.2) is 47.6 Å². The molecule has 1 aliphatic rings. The van der Waals surface area contributed by atoms with E-state index >= 15 is 0 Å². The number of esters is 1. The van der Waals surface area contributed by atoms with Gasteiger partial charge in [-0.05, 0) is 31.2 Å². The molecule has 0 saturated carbocycles. The number of carbonyl (C=O) groups excluding carboxylic acids is 1. The topological polar surface area (TPSA) is 55.6 Å². The van der Waals surface area contributed by atoms with Gasteiger partial charge in [0.2, 0.25) is 5.89 Å². The van der Waals surface area contributed by atoms with Gasteiger partial charge in [-0.1, -0.05) is 0 Å². The molecule has 3 rings (SSSR count). The van der Waals surface area contributed by atoms with E-state index in [1.165, 1.54) is 18.6 Å². The van der Waals surface area contributed by atoms with E-state index in [-0.39, 0.29) is 5.97 Å². The molecule has 0 aliphatic carbocycles. The Kier molecular flexibility index (Phi) is 5.03. The van der Waals surface area contributed by atoms with Crippen LogP contribution < -0.4 is 0 Å².